The second-order valence-corrected chi connectivity index (χ2v) is 4.35. The molecule has 0 bridgehead atoms. The molecule has 1 unspecified atom stereocenters. The number of rotatable bonds is 1. The molecule has 0 saturated carbocycles. The van der Waals surface area contributed by atoms with Crippen LogP contribution >= 0.6 is 0 Å². The van der Waals surface area contributed by atoms with Gasteiger partial charge in [-0.3, -0.25) is 0 Å². The molecule has 1 atom stereocenters. The van der Waals surface area contributed by atoms with Gasteiger partial charge in [-0.15, -0.1) is 0 Å². The molecule has 2 N–H and O–H groups in total. The number of anilines is 1. The van der Waals surface area contributed by atoms with Gasteiger partial charge in [0.15, 0.2) is 0 Å². The average Bonchev–Trinajstić information content (AvgIpc) is 2.75. The third-order valence-electron chi connectivity index (χ3n) is 3.18. The summed E-state index contributed by atoms with van der Waals surface area (Å²) in [5.74, 6) is 1.08. The monoisotopic (exact) mass is 213 g/mol. The van der Waals surface area contributed by atoms with Crippen LogP contribution in [-0.4, -0.2) is 24.1 Å². The maximum Gasteiger partial charge on any atom is 0.136 e. The summed E-state index contributed by atoms with van der Waals surface area (Å²) in [7, 11) is 0. The fraction of sp³-hybridized carbons (Fsp3) is 0.308. The van der Waals surface area contributed by atoms with E-state index in [1.165, 1.54) is 10.8 Å². The molecule has 0 amide bonds. The zero-order valence-electron chi connectivity index (χ0n) is 9.13. The van der Waals surface area contributed by atoms with Crippen molar-refractivity contribution in [1.29, 1.82) is 0 Å². The summed E-state index contributed by atoms with van der Waals surface area (Å²) >= 11 is 0. The van der Waals surface area contributed by atoms with Crippen molar-refractivity contribution in [3.63, 3.8) is 0 Å². The minimum absolute atomic E-state index is 0.292. The van der Waals surface area contributed by atoms with Gasteiger partial charge in [-0.2, -0.15) is 0 Å². The first-order valence-corrected chi connectivity index (χ1v) is 5.69. The van der Waals surface area contributed by atoms with Crippen molar-refractivity contribution in [2.75, 3.05) is 18.0 Å². The molecule has 82 valence electrons. The smallest absolute Gasteiger partial charge is 0.136 e. The minimum Gasteiger partial charge on any atom is -0.354 e. The summed E-state index contributed by atoms with van der Waals surface area (Å²) in [5.41, 5.74) is 5.94. The highest BCUT2D eigenvalue weighted by Crippen LogP contribution is 2.26. The lowest BCUT2D eigenvalue weighted by molar-refractivity contribution is 0.751. The topological polar surface area (TPSA) is 42.1 Å². The van der Waals surface area contributed by atoms with Crippen LogP contribution in [0.1, 0.15) is 6.42 Å². The van der Waals surface area contributed by atoms with Crippen LogP contribution in [0.5, 0.6) is 0 Å². The second-order valence-electron chi connectivity index (χ2n) is 4.35. The summed E-state index contributed by atoms with van der Waals surface area (Å²) < 4.78 is 0. The molecule has 0 radical (unpaired) electrons. The van der Waals surface area contributed by atoms with E-state index in [2.05, 4.69) is 40.2 Å². The highest BCUT2D eigenvalue weighted by Gasteiger charge is 2.21. The van der Waals surface area contributed by atoms with Crippen molar-refractivity contribution in [2.24, 2.45) is 5.73 Å². The molecule has 1 aliphatic rings. The van der Waals surface area contributed by atoms with Gasteiger partial charge < -0.3 is 10.6 Å². The third-order valence-corrected chi connectivity index (χ3v) is 3.18. The van der Waals surface area contributed by atoms with Crippen LogP contribution in [0.15, 0.2) is 36.5 Å². The van der Waals surface area contributed by atoms with Crippen molar-refractivity contribution < 1.29 is 0 Å². The number of fused-ring (bicyclic) bond motifs is 1. The summed E-state index contributed by atoms with van der Waals surface area (Å²) in [6, 6.07) is 10.7. The Morgan fingerprint density at radius 3 is 2.94 bits per heavy atom. The van der Waals surface area contributed by atoms with Gasteiger partial charge in [0.1, 0.15) is 5.82 Å². The van der Waals surface area contributed by atoms with Crippen molar-refractivity contribution in [1.82, 2.24) is 4.98 Å². The van der Waals surface area contributed by atoms with Crippen LogP contribution in [0, 0.1) is 0 Å². The van der Waals surface area contributed by atoms with Crippen LogP contribution in [0.4, 0.5) is 5.82 Å². The molecular weight excluding hydrogens is 198 g/mol. The minimum atomic E-state index is 0.292. The van der Waals surface area contributed by atoms with E-state index in [-0.39, 0.29) is 0 Å². The summed E-state index contributed by atoms with van der Waals surface area (Å²) in [6.45, 7) is 1.93. The van der Waals surface area contributed by atoms with Gasteiger partial charge in [0, 0.05) is 30.7 Å². The lowest BCUT2D eigenvalue weighted by Crippen LogP contribution is -2.26. The lowest BCUT2D eigenvalue weighted by Gasteiger charge is -2.18. The van der Waals surface area contributed by atoms with Crippen molar-refractivity contribution in [2.45, 2.75) is 12.5 Å². The van der Waals surface area contributed by atoms with Gasteiger partial charge in [0.2, 0.25) is 0 Å². The Morgan fingerprint density at radius 1 is 1.25 bits per heavy atom. The summed E-state index contributed by atoms with van der Waals surface area (Å²) in [4.78, 5) is 6.78. The first-order valence-electron chi connectivity index (χ1n) is 5.69. The van der Waals surface area contributed by atoms with E-state index in [1.807, 2.05) is 6.20 Å². The molecule has 3 heteroatoms. The number of hydrogen-bond acceptors (Lipinski definition) is 3. The van der Waals surface area contributed by atoms with Gasteiger partial charge in [-0.25, -0.2) is 4.98 Å². The average molecular weight is 213 g/mol. The Labute approximate surface area is 94.9 Å². The van der Waals surface area contributed by atoms with Crippen LogP contribution in [0.25, 0.3) is 10.8 Å². The van der Waals surface area contributed by atoms with E-state index >= 15 is 0 Å². The first kappa shape index (κ1) is 9.60. The van der Waals surface area contributed by atoms with Gasteiger partial charge in [0.05, 0.1) is 0 Å². The number of nitrogens with two attached hydrogens (primary N) is 1. The van der Waals surface area contributed by atoms with Gasteiger partial charge >= 0.3 is 0 Å². The number of pyridine rings is 1. The molecule has 0 spiro atoms. The molecule has 1 saturated heterocycles. The van der Waals surface area contributed by atoms with E-state index in [4.69, 9.17) is 5.73 Å². The maximum atomic E-state index is 5.94. The number of hydrogen-bond donors (Lipinski definition) is 1. The number of aromatic nitrogens is 1. The normalized spacial score (nSPS) is 20.6. The molecule has 3 rings (SSSR count). The number of nitrogens with zero attached hydrogens (tertiary/aromatic N) is 2. The summed E-state index contributed by atoms with van der Waals surface area (Å²) in [6.07, 6.45) is 2.94. The van der Waals surface area contributed by atoms with Gasteiger partial charge in [0.25, 0.3) is 0 Å². The van der Waals surface area contributed by atoms with Crippen LogP contribution in [0.2, 0.25) is 0 Å². The SMILES string of the molecule is NC1CCN(c2nccc3ccccc23)C1. The molecule has 16 heavy (non-hydrogen) atoms. The fourth-order valence-corrected chi connectivity index (χ4v) is 2.34. The summed E-state index contributed by atoms with van der Waals surface area (Å²) in [5, 5.41) is 2.46. The largest absolute Gasteiger partial charge is 0.354 e. The zero-order chi connectivity index (χ0) is 11.0. The second kappa shape index (κ2) is 3.76. The Hall–Kier alpha value is -1.61. The maximum absolute atomic E-state index is 5.94. The molecule has 1 aliphatic heterocycles. The first-order chi connectivity index (χ1) is 7.84. The van der Waals surface area contributed by atoms with Gasteiger partial charge in [-0.05, 0) is 17.9 Å². The Morgan fingerprint density at radius 2 is 2.12 bits per heavy atom. The Bertz CT molecular complexity index is 504. The fourth-order valence-electron chi connectivity index (χ4n) is 2.34. The predicted molar refractivity (Wildman–Crippen MR) is 66.5 cm³/mol. The molecule has 1 aromatic carbocycles. The van der Waals surface area contributed by atoms with Crippen molar-refractivity contribution in [3.8, 4) is 0 Å². The standard InChI is InChI=1S/C13H15N3/c14-11-6-8-16(9-11)13-12-4-2-1-3-10(12)5-7-15-13/h1-5,7,11H,6,8-9,14H2. The molecule has 2 heterocycles. The van der Waals surface area contributed by atoms with E-state index in [9.17, 15) is 0 Å². The third kappa shape index (κ3) is 1.53. The highest BCUT2D eigenvalue weighted by atomic mass is 15.2. The Balaban J connectivity index is 2.09. The molecule has 1 fully saturated rings. The highest BCUT2D eigenvalue weighted by molar-refractivity contribution is 5.92. The van der Waals surface area contributed by atoms with Crippen molar-refractivity contribution in [3.05, 3.63) is 36.5 Å². The molecule has 3 nitrogen and oxygen atoms in total. The van der Waals surface area contributed by atoms with Crippen LogP contribution in [-0.2, 0) is 0 Å². The van der Waals surface area contributed by atoms with Crippen molar-refractivity contribution >= 4 is 16.6 Å². The van der Waals surface area contributed by atoms with Crippen LogP contribution < -0.4 is 10.6 Å². The van der Waals surface area contributed by atoms with E-state index in [0.717, 1.165) is 25.3 Å². The van der Waals surface area contributed by atoms with E-state index in [1.54, 1.807) is 0 Å². The zero-order valence-corrected chi connectivity index (χ0v) is 9.13. The predicted octanol–water partition coefficient (Wildman–Crippen LogP) is 1.77. The molecule has 2 aromatic rings. The quantitative estimate of drug-likeness (QED) is 0.785. The molecular formula is C13H15N3. The molecule has 0 aliphatic carbocycles. The van der Waals surface area contributed by atoms with E-state index in [0.29, 0.717) is 6.04 Å². The molecule has 1 aromatic heterocycles. The van der Waals surface area contributed by atoms with E-state index < -0.39 is 0 Å². The van der Waals surface area contributed by atoms with Crippen LogP contribution in [0.3, 0.4) is 0 Å². The van der Waals surface area contributed by atoms with Gasteiger partial charge in [-0.1, -0.05) is 24.3 Å². The lowest BCUT2D eigenvalue weighted by atomic mass is 10.1. The Kier molecular flexibility index (Phi) is 2.26. The number of benzene rings is 1.